The molecule has 1 aromatic carbocycles. The highest BCUT2D eigenvalue weighted by Crippen LogP contribution is 2.31. The van der Waals surface area contributed by atoms with Gasteiger partial charge in [-0.1, -0.05) is 24.6 Å². The van der Waals surface area contributed by atoms with E-state index in [1.54, 1.807) is 0 Å². The SMILES string of the molecule is CCNCc1c(Cl)cccc1N1CCC(N2CCCC2)C1. The Labute approximate surface area is 133 Å². The van der Waals surface area contributed by atoms with Gasteiger partial charge in [0.2, 0.25) is 0 Å². The zero-order valence-electron chi connectivity index (χ0n) is 12.9. The maximum Gasteiger partial charge on any atom is 0.0471 e. The topological polar surface area (TPSA) is 18.5 Å². The largest absolute Gasteiger partial charge is 0.370 e. The lowest BCUT2D eigenvalue weighted by Gasteiger charge is -2.26. The third-order valence-corrected chi connectivity index (χ3v) is 5.16. The number of anilines is 1. The van der Waals surface area contributed by atoms with E-state index in [0.717, 1.165) is 37.2 Å². The van der Waals surface area contributed by atoms with Crippen LogP contribution in [0, 0.1) is 0 Å². The van der Waals surface area contributed by atoms with Crippen molar-refractivity contribution in [2.75, 3.05) is 37.6 Å². The van der Waals surface area contributed by atoms with Crippen molar-refractivity contribution in [3.63, 3.8) is 0 Å². The number of nitrogens with zero attached hydrogens (tertiary/aromatic N) is 2. The van der Waals surface area contributed by atoms with E-state index >= 15 is 0 Å². The van der Waals surface area contributed by atoms with Crippen LogP contribution in [0.2, 0.25) is 5.02 Å². The summed E-state index contributed by atoms with van der Waals surface area (Å²) in [5.41, 5.74) is 2.58. The maximum absolute atomic E-state index is 6.43. The van der Waals surface area contributed by atoms with Gasteiger partial charge in [-0.15, -0.1) is 0 Å². The van der Waals surface area contributed by atoms with Crippen LogP contribution in [0.25, 0.3) is 0 Å². The molecule has 0 aliphatic carbocycles. The van der Waals surface area contributed by atoms with Crippen LogP contribution in [0.15, 0.2) is 18.2 Å². The van der Waals surface area contributed by atoms with Gasteiger partial charge in [-0.2, -0.15) is 0 Å². The first kappa shape index (κ1) is 15.1. The highest BCUT2D eigenvalue weighted by atomic mass is 35.5. The van der Waals surface area contributed by atoms with Gasteiger partial charge in [0.05, 0.1) is 0 Å². The molecule has 116 valence electrons. The molecule has 2 aliphatic heterocycles. The third-order valence-electron chi connectivity index (χ3n) is 4.81. The fourth-order valence-corrected chi connectivity index (χ4v) is 3.87. The van der Waals surface area contributed by atoms with Gasteiger partial charge in [-0.25, -0.2) is 0 Å². The van der Waals surface area contributed by atoms with E-state index in [0.29, 0.717) is 0 Å². The second-order valence-electron chi connectivity index (χ2n) is 6.15. The molecule has 1 unspecified atom stereocenters. The van der Waals surface area contributed by atoms with Crippen LogP contribution in [0.4, 0.5) is 5.69 Å². The van der Waals surface area contributed by atoms with E-state index in [2.05, 4.69) is 34.2 Å². The Bertz CT molecular complexity index is 471. The second kappa shape index (κ2) is 6.99. The standard InChI is InChI=1S/C17H26ClN3/c1-2-19-12-15-16(18)6-5-7-17(15)21-11-8-14(13-21)20-9-3-4-10-20/h5-7,14,19H,2-4,8-13H2,1H3. The summed E-state index contributed by atoms with van der Waals surface area (Å²) in [7, 11) is 0. The van der Waals surface area contributed by atoms with E-state index in [1.165, 1.54) is 43.6 Å². The summed E-state index contributed by atoms with van der Waals surface area (Å²) in [6.07, 6.45) is 4.03. The third kappa shape index (κ3) is 3.36. The monoisotopic (exact) mass is 307 g/mol. The van der Waals surface area contributed by atoms with Gasteiger partial charge < -0.3 is 10.2 Å². The van der Waals surface area contributed by atoms with E-state index in [9.17, 15) is 0 Å². The fraction of sp³-hybridized carbons (Fsp3) is 0.647. The van der Waals surface area contributed by atoms with E-state index in [-0.39, 0.29) is 0 Å². The van der Waals surface area contributed by atoms with Crippen molar-refractivity contribution in [2.24, 2.45) is 0 Å². The van der Waals surface area contributed by atoms with Crippen LogP contribution in [0.1, 0.15) is 31.7 Å². The number of hydrogen-bond donors (Lipinski definition) is 1. The lowest BCUT2D eigenvalue weighted by atomic mass is 10.1. The van der Waals surface area contributed by atoms with Gasteiger partial charge in [0.1, 0.15) is 0 Å². The molecular weight excluding hydrogens is 282 g/mol. The minimum absolute atomic E-state index is 0.735. The Hall–Kier alpha value is -0.770. The van der Waals surface area contributed by atoms with Crippen molar-refractivity contribution >= 4 is 17.3 Å². The van der Waals surface area contributed by atoms with Crippen LogP contribution in [0.3, 0.4) is 0 Å². The average molecular weight is 308 g/mol. The summed E-state index contributed by atoms with van der Waals surface area (Å²) in [6.45, 7) is 8.85. The van der Waals surface area contributed by atoms with Crippen molar-refractivity contribution in [1.82, 2.24) is 10.2 Å². The second-order valence-corrected chi connectivity index (χ2v) is 6.56. The lowest BCUT2D eigenvalue weighted by molar-refractivity contribution is 0.260. The van der Waals surface area contributed by atoms with Gasteiger partial charge in [0.15, 0.2) is 0 Å². The molecule has 21 heavy (non-hydrogen) atoms. The normalized spacial score (nSPS) is 23.1. The molecule has 2 aliphatic rings. The molecule has 1 aromatic rings. The first-order valence-corrected chi connectivity index (χ1v) is 8.64. The molecule has 2 fully saturated rings. The van der Waals surface area contributed by atoms with Crippen LogP contribution in [-0.4, -0.2) is 43.7 Å². The molecule has 1 atom stereocenters. The average Bonchev–Trinajstić information content (AvgIpc) is 3.16. The molecule has 2 saturated heterocycles. The van der Waals surface area contributed by atoms with Crippen molar-refractivity contribution in [1.29, 1.82) is 0 Å². The van der Waals surface area contributed by atoms with Gasteiger partial charge >= 0.3 is 0 Å². The number of benzene rings is 1. The molecule has 0 bridgehead atoms. The van der Waals surface area contributed by atoms with Gasteiger partial charge in [0, 0.05) is 41.9 Å². The molecule has 0 spiro atoms. The fourth-order valence-electron chi connectivity index (χ4n) is 3.63. The van der Waals surface area contributed by atoms with Gasteiger partial charge in [-0.05, 0) is 51.0 Å². The molecule has 0 aromatic heterocycles. The Morgan fingerprint density at radius 2 is 2.05 bits per heavy atom. The summed E-state index contributed by atoms with van der Waals surface area (Å²) >= 11 is 6.43. The van der Waals surface area contributed by atoms with E-state index in [1.807, 2.05) is 6.07 Å². The Morgan fingerprint density at radius 1 is 1.24 bits per heavy atom. The maximum atomic E-state index is 6.43. The molecule has 2 heterocycles. The molecule has 3 nitrogen and oxygen atoms in total. The summed E-state index contributed by atoms with van der Waals surface area (Å²) < 4.78 is 0. The highest BCUT2D eigenvalue weighted by molar-refractivity contribution is 6.31. The summed E-state index contributed by atoms with van der Waals surface area (Å²) in [5, 5.41) is 4.30. The predicted molar refractivity (Wildman–Crippen MR) is 90.3 cm³/mol. The van der Waals surface area contributed by atoms with Crippen LogP contribution >= 0.6 is 11.6 Å². The molecule has 3 rings (SSSR count). The Balaban J connectivity index is 1.73. The number of likely N-dealkylation sites (tertiary alicyclic amines) is 1. The number of halogens is 1. The van der Waals surface area contributed by atoms with Crippen molar-refractivity contribution < 1.29 is 0 Å². The number of rotatable bonds is 5. The predicted octanol–water partition coefficient (Wildman–Crippen LogP) is 3.12. The van der Waals surface area contributed by atoms with E-state index in [4.69, 9.17) is 11.6 Å². The smallest absolute Gasteiger partial charge is 0.0471 e. The van der Waals surface area contributed by atoms with Gasteiger partial charge in [0.25, 0.3) is 0 Å². The van der Waals surface area contributed by atoms with Crippen molar-refractivity contribution in [3.8, 4) is 0 Å². The molecule has 0 amide bonds. The highest BCUT2D eigenvalue weighted by Gasteiger charge is 2.30. The minimum atomic E-state index is 0.735. The van der Waals surface area contributed by atoms with Crippen LogP contribution in [0.5, 0.6) is 0 Å². The number of hydrogen-bond acceptors (Lipinski definition) is 3. The molecular formula is C17H26ClN3. The lowest BCUT2D eigenvalue weighted by Crippen LogP contribution is -2.35. The zero-order valence-corrected chi connectivity index (χ0v) is 13.7. The van der Waals surface area contributed by atoms with Crippen molar-refractivity contribution in [2.45, 2.75) is 38.8 Å². The first-order chi connectivity index (χ1) is 10.3. The van der Waals surface area contributed by atoms with Crippen LogP contribution < -0.4 is 10.2 Å². The Morgan fingerprint density at radius 3 is 2.81 bits per heavy atom. The summed E-state index contributed by atoms with van der Waals surface area (Å²) in [5.74, 6) is 0. The van der Waals surface area contributed by atoms with E-state index < -0.39 is 0 Å². The quantitative estimate of drug-likeness (QED) is 0.901. The van der Waals surface area contributed by atoms with Crippen molar-refractivity contribution in [3.05, 3.63) is 28.8 Å². The molecule has 0 saturated carbocycles. The van der Waals surface area contributed by atoms with Crippen LogP contribution in [-0.2, 0) is 6.54 Å². The zero-order chi connectivity index (χ0) is 14.7. The summed E-state index contributed by atoms with van der Waals surface area (Å²) in [4.78, 5) is 5.20. The number of nitrogens with one attached hydrogen (secondary N) is 1. The summed E-state index contributed by atoms with van der Waals surface area (Å²) in [6, 6.07) is 7.05. The minimum Gasteiger partial charge on any atom is -0.370 e. The Kier molecular flexibility index (Phi) is 5.04. The first-order valence-electron chi connectivity index (χ1n) is 8.26. The molecule has 0 radical (unpaired) electrons. The van der Waals surface area contributed by atoms with Gasteiger partial charge in [-0.3, -0.25) is 4.90 Å². The molecule has 1 N–H and O–H groups in total. The molecule has 4 heteroatoms.